The molecule has 0 atom stereocenters. The molecular formula is C21H29FN2O. The smallest absolute Gasteiger partial charge is 0.165 e. The van der Waals surface area contributed by atoms with Crippen molar-refractivity contribution in [2.24, 2.45) is 0 Å². The van der Waals surface area contributed by atoms with Gasteiger partial charge in [0, 0.05) is 11.8 Å². The predicted octanol–water partition coefficient (Wildman–Crippen LogP) is 5.97. The predicted molar refractivity (Wildman–Crippen MR) is 100 cm³/mol. The second-order valence-corrected chi connectivity index (χ2v) is 6.40. The van der Waals surface area contributed by atoms with Crippen LogP contribution in [0.25, 0.3) is 11.3 Å². The summed E-state index contributed by atoms with van der Waals surface area (Å²) in [5.74, 6) is -0.0359. The Hall–Kier alpha value is -1.97. The second kappa shape index (κ2) is 10.8. The first-order valence-electron chi connectivity index (χ1n) is 9.48. The molecule has 1 heterocycles. The molecule has 25 heavy (non-hydrogen) atoms. The van der Waals surface area contributed by atoms with Gasteiger partial charge in [-0.3, -0.25) is 9.97 Å². The summed E-state index contributed by atoms with van der Waals surface area (Å²) < 4.78 is 19.8. The lowest BCUT2D eigenvalue weighted by Gasteiger charge is -2.09. The number of rotatable bonds is 11. The van der Waals surface area contributed by atoms with Gasteiger partial charge in [-0.1, -0.05) is 46.0 Å². The Balaban J connectivity index is 1.92. The van der Waals surface area contributed by atoms with Gasteiger partial charge < -0.3 is 4.74 Å². The standard InChI is InChI=1S/C21H29FN2O/c1-3-5-7-9-13-25-21-12-11-17(14-19(21)22)20-16-23-18(15-24-20)10-8-6-4-2/h11-12,14-16H,3-10,13H2,1-2H3. The van der Waals surface area contributed by atoms with E-state index in [1.165, 1.54) is 31.7 Å². The Labute approximate surface area is 150 Å². The first kappa shape index (κ1) is 19.4. The zero-order valence-electron chi connectivity index (χ0n) is 15.4. The molecular weight excluding hydrogens is 315 g/mol. The van der Waals surface area contributed by atoms with E-state index in [9.17, 15) is 4.39 Å². The first-order chi connectivity index (χ1) is 12.2. The third-order valence-electron chi connectivity index (χ3n) is 4.22. The first-order valence-corrected chi connectivity index (χ1v) is 9.48. The summed E-state index contributed by atoms with van der Waals surface area (Å²) in [7, 11) is 0. The molecule has 0 bridgehead atoms. The number of unbranched alkanes of at least 4 members (excludes halogenated alkanes) is 5. The van der Waals surface area contributed by atoms with Crippen LogP contribution in [-0.4, -0.2) is 16.6 Å². The number of hydrogen-bond acceptors (Lipinski definition) is 3. The molecule has 0 saturated heterocycles. The van der Waals surface area contributed by atoms with Crippen LogP contribution < -0.4 is 4.74 Å². The largest absolute Gasteiger partial charge is 0.491 e. The highest BCUT2D eigenvalue weighted by molar-refractivity contribution is 5.59. The van der Waals surface area contributed by atoms with Gasteiger partial charge in [-0.25, -0.2) is 4.39 Å². The van der Waals surface area contributed by atoms with Crippen molar-refractivity contribution in [1.29, 1.82) is 0 Å². The molecule has 0 fully saturated rings. The number of aryl methyl sites for hydroxylation is 1. The Morgan fingerprint density at radius 1 is 0.920 bits per heavy atom. The molecule has 0 amide bonds. The van der Waals surface area contributed by atoms with Crippen molar-refractivity contribution < 1.29 is 9.13 Å². The molecule has 0 saturated carbocycles. The molecule has 0 aliphatic carbocycles. The summed E-state index contributed by atoms with van der Waals surface area (Å²) in [6, 6.07) is 4.99. The van der Waals surface area contributed by atoms with Gasteiger partial charge in [-0.05, 0) is 37.5 Å². The summed E-state index contributed by atoms with van der Waals surface area (Å²) in [6.07, 6.45) is 12.4. The van der Waals surface area contributed by atoms with Crippen molar-refractivity contribution in [2.45, 2.75) is 65.2 Å². The molecule has 0 N–H and O–H groups in total. The molecule has 0 radical (unpaired) electrons. The highest BCUT2D eigenvalue weighted by atomic mass is 19.1. The minimum absolute atomic E-state index is 0.310. The monoisotopic (exact) mass is 344 g/mol. The van der Waals surface area contributed by atoms with E-state index in [4.69, 9.17) is 4.74 Å². The molecule has 0 unspecified atom stereocenters. The van der Waals surface area contributed by atoms with Gasteiger partial charge in [0.1, 0.15) is 0 Å². The van der Waals surface area contributed by atoms with Gasteiger partial charge >= 0.3 is 0 Å². The summed E-state index contributed by atoms with van der Waals surface area (Å²) in [4.78, 5) is 8.87. The van der Waals surface area contributed by atoms with Crippen molar-refractivity contribution in [1.82, 2.24) is 9.97 Å². The third kappa shape index (κ3) is 6.45. The molecule has 0 aliphatic heterocycles. The lowest BCUT2D eigenvalue weighted by Crippen LogP contribution is -2.00. The minimum atomic E-state index is -0.346. The van der Waals surface area contributed by atoms with Gasteiger partial charge in [0.05, 0.1) is 24.2 Å². The average Bonchev–Trinajstić information content (AvgIpc) is 2.63. The zero-order valence-corrected chi connectivity index (χ0v) is 15.4. The molecule has 4 heteroatoms. The lowest BCUT2D eigenvalue weighted by atomic mass is 10.1. The Morgan fingerprint density at radius 2 is 1.72 bits per heavy atom. The molecule has 1 aromatic heterocycles. The van der Waals surface area contributed by atoms with Crippen LogP contribution in [0.4, 0.5) is 4.39 Å². The number of nitrogens with zero attached hydrogens (tertiary/aromatic N) is 2. The normalized spacial score (nSPS) is 10.8. The van der Waals surface area contributed by atoms with Crippen LogP contribution >= 0.6 is 0 Å². The summed E-state index contributed by atoms with van der Waals surface area (Å²) >= 11 is 0. The van der Waals surface area contributed by atoms with E-state index in [1.54, 1.807) is 18.5 Å². The Bertz CT molecular complexity index is 628. The molecule has 2 rings (SSSR count). The van der Waals surface area contributed by atoms with Crippen molar-refractivity contribution in [3.63, 3.8) is 0 Å². The van der Waals surface area contributed by atoms with Crippen LogP contribution in [0.1, 0.15) is 64.5 Å². The van der Waals surface area contributed by atoms with Crippen LogP contribution in [0.2, 0.25) is 0 Å². The van der Waals surface area contributed by atoms with Gasteiger partial charge in [-0.15, -0.1) is 0 Å². The molecule has 0 spiro atoms. The summed E-state index contributed by atoms with van der Waals surface area (Å²) in [5, 5.41) is 0. The molecule has 3 nitrogen and oxygen atoms in total. The van der Waals surface area contributed by atoms with E-state index in [2.05, 4.69) is 23.8 Å². The molecule has 136 valence electrons. The average molecular weight is 344 g/mol. The van der Waals surface area contributed by atoms with Crippen LogP contribution in [0.5, 0.6) is 5.75 Å². The van der Waals surface area contributed by atoms with Gasteiger partial charge in [-0.2, -0.15) is 0 Å². The molecule has 1 aromatic carbocycles. The maximum Gasteiger partial charge on any atom is 0.165 e. The highest BCUT2D eigenvalue weighted by Crippen LogP contribution is 2.24. The van der Waals surface area contributed by atoms with Crippen LogP contribution in [0.3, 0.4) is 0 Å². The third-order valence-corrected chi connectivity index (χ3v) is 4.22. The Kier molecular flexibility index (Phi) is 8.36. The summed E-state index contributed by atoms with van der Waals surface area (Å²) in [5.41, 5.74) is 2.40. The van der Waals surface area contributed by atoms with Crippen molar-refractivity contribution in [2.75, 3.05) is 6.61 Å². The fraction of sp³-hybridized carbons (Fsp3) is 0.524. The van der Waals surface area contributed by atoms with Crippen LogP contribution in [0.15, 0.2) is 30.6 Å². The number of halogens is 1. The van der Waals surface area contributed by atoms with E-state index >= 15 is 0 Å². The topological polar surface area (TPSA) is 35.0 Å². The van der Waals surface area contributed by atoms with E-state index in [0.29, 0.717) is 18.1 Å². The van der Waals surface area contributed by atoms with Gasteiger partial charge in [0.15, 0.2) is 11.6 Å². The van der Waals surface area contributed by atoms with Crippen molar-refractivity contribution in [3.05, 3.63) is 42.1 Å². The zero-order chi connectivity index (χ0) is 17.9. The maximum atomic E-state index is 14.2. The van der Waals surface area contributed by atoms with Crippen molar-refractivity contribution >= 4 is 0 Å². The number of ether oxygens (including phenoxy) is 1. The van der Waals surface area contributed by atoms with E-state index in [-0.39, 0.29) is 5.82 Å². The fourth-order valence-electron chi connectivity index (χ4n) is 2.68. The van der Waals surface area contributed by atoms with Crippen LogP contribution in [0, 0.1) is 5.82 Å². The minimum Gasteiger partial charge on any atom is -0.491 e. The SMILES string of the molecule is CCCCCCOc1ccc(-c2cnc(CCCCC)cn2)cc1F. The van der Waals surface area contributed by atoms with E-state index < -0.39 is 0 Å². The van der Waals surface area contributed by atoms with E-state index in [0.717, 1.165) is 36.9 Å². The molecule has 0 aliphatic rings. The van der Waals surface area contributed by atoms with Gasteiger partial charge in [0.2, 0.25) is 0 Å². The highest BCUT2D eigenvalue weighted by Gasteiger charge is 2.08. The Morgan fingerprint density at radius 3 is 2.40 bits per heavy atom. The van der Waals surface area contributed by atoms with Crippen molar-refractivity contribution in [3.8, 4) is 17.0 Å². The van der Waals surface area contributed by atoms with E-state index in [1.807, 2.05) is 6.07 Å². The lowest BCUT2D eigenvalue weighted by molar-refractivity contribution is 0.290. The summed E-state index contributed by atoms with van der Waals surface area (Å²) in [6.45, 7) is 4.91. The molecule has 2 aromatic rings. The second-order valence-electron chi connectivity index (χ2n) is 6.40. The van der Waals surface area contributed by atoms with Crippen LogP contribution in [-0.2, 0) is 6.42 Å². The number of aromatic nitrogens is 2. The van der Waals surface area contributed by atoms with Gasteiger partial charge in [0.25, 0.3) is 0 Å². The quantitative estimate of drug-likeness (QED) is 0.471. The fourth-order valence-corrected chi connectivity index (χ4v) is 2.68. The number of hydrogen-bond donors (Lipinski definition) is 0. The maximum absolute atomic E-state index is 14.2. The number of benzene rings is 1.